The largest absolute Gasteiger partial charge is 0.383 e. The molecule has 2 aromatic rings. The number of hydrogen-bond acceptors (Lipinski definition) is 5. The number of nitrogens with one attached hydrogen (secondary N) is 3. The molecule has 1 heterocycles. The van der Waals surface area contributed by atoms with Gasteiger partial charge in [0.05, 0.1) is 24.4 Å². The minimum atomic E-state index is -0.492. The van der Waals surface area contributed by atoms with E-state index in [0.29, 0.717) is 13.2 Å². The number of para-hydroxylation sites is 1. The number of ether oxygens (including phenoxy) is 1. The van der Waals surface area contributed by atoms with Crippen LogP contribution in [0.4, 0.5) is 15.9 Å². The molecule has 0 aliphatic carbocycles. The van der Waals surface area contributed by atoms with E-state index in [1.165, 1.54) is 31.5 Å². The third-order valence-corrected chi connectivity index (χ3v) is 3.22. The molecule has 0 saturated heterocycles. The Kier molecular flexibility index (Phi) is 6.85. The van der Waals surface area contributed by atoms with E-state index in [1.807, 2.05) is 0 Å². The highest BCUT2D eigenvalue weighted by Crippen LogP contribution is 2.20. The van der Waals surface area contributed by atoms with Gasteiger partial charge < -0.3 is 20.7 Å². The Labute approximate surface area is 144 Å². The lowest BCUT2D eigenvalue weighted by atomic mass is 10.2. The summed E-state index contributed by atoms with van der Waals surface area (Å²) in [7, 11) is 1.53. The molecule has 0 fully saturated rings. The number of carbonyl (C=O) groups excluding carboxylic acids is 2. The van der Waals surface area contributed by atoms with Gasteiger partial charge in [-0.05, 0) is 24.3 Å². The van der Waals surface area contributed by atoms with E-state index in [0.717, 1.165) is 0 Å². The van der Waals surface area contributed by atoms with Gasteiger partial charge >= 0.3 is 0 Å². The SMILES string of the molecule is COCCNC(=O)CNC(=O)c1cccnc1Nc1ccccc1F. The van der Waals surface area contributed by atoms with Crippen LogP contribution in [0.15, 0.2) is 42.6 Å². The van der Waals surface area contributed by atoms with Crippen LogP contribution in [0.2, 0.25) is 0 Å². The van der Waals surface area contributed by atoms with Crippen molar-refractivity contribution in [2.45, 2.75) is 0 Å². The summed E-state index contributed by atoms with van der Waals surface area (Å²) in [6.07, 6.45) is 1.48. The molecule has 0 unspecified atom stereocenters. The van der Waals surface area contributed by atoms with E-state index in [9.17, 15) is 14.0 Å². The van der Waals surface area contributed by atoms with Crippen LogP contribution in [0.1, 0.15) is 10.4 Å². The Balaban J connectivity index is 2.01. The first kappa shape index (κ1) is 18.3. The van der Waals surface area contributed by atoms with Gasteiger partial charge in [0.25, 0.3) is 5.91 Å². The molecule has 2 rings (SSSR count). The second kappa shape index (κ2) is 9.33. The fourth-order valence-corrected chi connectivity index (χ4v) is 1.99. The smallest absolute Gasteiger partial charge is 0.255 e. The van der Waals surface area contributed by atoms with Gasteiger partial charge in [-0.25, -0.2) is 9.37 Å². The van der Waals surface area contributed by atoms with E-state index in [4.69, 9.17) is 4.74 Å². The number of aromatic nitrogens is 1. The molecule has 7 nitrogen and oxygen atoms in total. The lowest BCUT2D eigenvalue weighted by Crippen LogP contribution is -2.38. The van der Waals surface area contributed by atoms with Crippen LogP contribution in [0, 0.1) is 5.82 Å². The Morgan fingerprint density at radius 3 is 2.72 bits per heavy atom. The van der Waals surface area contributed by atoms with Crippen LogP contribution in [-0.4, -0.2) is 43.6 Å². The average Bonchev–Trinajstić information content (AvgIpc) is 2.62. The van der Waals surface area contributed by atoms with Gasteiger partial charge in [-0.15, -0.1) is 0 Å². The van der Waals surface area contributed by atoms with Gasteiger partial charge in [0, 0.05) is 19.9 Å². The third-order valence-electron chi connectivity index (χ3n) is 3.22. The number of rotatable bonds is 8. The van der Waals surface area contributed by atoms with E-state index in [-0.39, 0.29) is 29.5 Å². The van der Waals surface area contributed by atoms with Crippen molar-refractivity contribution in [3.8, 4) is 0 Å². The first-order valence-electron chi connectivity index (χ1n) is 7.62. The maximum atomic E-state index is 13.8. The number of pyridine rings is 1. The number of halogens is 1. The van der Waals surface area contributed by atoms with Crippen molar-refractivity contribution in [2.24, 2.45) is 0 Å². The zero-order chi connectivity index (χ0) is 18.1. The Hall–Kier alpha value is -3.00. The number of benzene rings is 1. The molecule has 0 atom stereocenters. The number of hydrogen-bond donors (Lipinski definition) is 3. The van der Waals surface area contributed by atoms with Crippen LogP contribution in [0.25, 0.3) is 0 Å². The van der Waals surface area contributed by atoms with Gasteiger partial charge in [-0.2, -0.15) is 0 Å². The minimum Gasteiger partial charge on any atom is -0.383 e. The Morgan fingerprint density at radius 2 is 1.96 bits per heavy atom. The van der Waals surface area contributed by atoms with E-state index >= 15 is 0 Å². The van der Waals surface area contributed by atoms with Crippen molar-refractivity contribution in [1.29, 1.82) is 0 Å². The van der Waals surface area contributed by atoms with Crippen LogP contribution < -0.4 is 16.0 Å². The Bertz CT molecular complexity index is 739. The molecule has 3 N–H and O–H groups in total. The summed E-state index contributed by atoms with van der Waals surface area (Å²) in [6, 6.07) is 9.19. The maximum Gasteiger partial charge on any atom is 0.255 e. The molecule has 1 aromatic carbocycles. The first-order chi connectivity index (χ1) is 12.1. The van der Waals surface area contributed by atoms with Gasteiger partial charge in [0.2, 0.25) is 5.91 Å². The molecule has 2 amide bonds. The number of anilines is 2. The summed E-state index contributed by atoms with van der Waals surface area (Å²) in [5.74, 6) is -1.09. The zero-order valence-electron chi connectivity index (χ0n) is 13.7. The zero-order valence-corrected chi connectivity index (χ0v) is 13.7. The monoisotopic (exact) mass is 346 g/mol. The fraction of sp³-hybridized carbons (Fsp3) is 0.235. The molecule has 1 aromatic heterocycles. The Morgan fingerprint density at radius 1 is 1.16 bits per heavy atom. The van der Waals surface area contributed by atoms with Gasteiger partial charge in [0.15, 0.2) is 0 Å². The second-order valence-electron chi connectivity index (χ2n) is 5.03. The normalized spacial score (nSPS) is 10.2. The highest BCUT2D eigenvalue weighted by atomic mass is 19.1. The lowest BCUT2D eigenvalue weighted by Gasteiger charge is -2.11. The quantitative estimate of drug-likeness (QED) is 0.629. The molecule has 0 bridgehead atoms. The first-order valence-corrected chi connectivity index (χ1v) is 7.62. The maximum absolute atomic E-state index is 13.8. The van der Waals surface area contributed by atoms with Gasteiger partial charge in [0.1, 0.15) is 11.6 Å². The van der Waals surface area contributed by atoms with Gasteiger partial charge in [-0.1, -0.05) is 12.1 Å². The summed E-state index contributed by atoms with van der Waals surface area (Å²) < 4.78 is 18.6. The van der Waals surface area contributed by atoms with E-state index in [2.05, 4.69) is 20.9 Å². The van der Waals surface area contributed by atoms with Crippen LogP contribution in [0.3, 0.4) is 0 Å². The summed E-state index contributed by atoms with van der Waals surface area (Å²) in [4.78, 5) is 28.0. The van der Waals surface area contributed by atoms with Crippen LogP contribution in [-0.2, 0) is 9.53 Å². The van der Waals surface area contributed by atoms with Crippen molar-refractivity contribution in [1.82, 2.24) is 15.6 Å². The molecule has 8 heteroatoms. The minimum absolute atomic E-state index is 0.184. The second-order valence-corrected chi connectivity index (χ2v) is 5.03. The number of methoxy groups -OCH3 is 1. The summed E-state index contributed by atoms with van der Waals surface area (Å²) in [5.41, 5.74) is 0.406. The summed E-state index contributed by atoms with van der Waals surface area (Å²) >= 11 is 0. The summed E-state index contributed by atoms with van der Waals surface area (Å²) in [5, 5.41) is 7.88. The number of carbonyl (C=O) groups is 2. The lowest BCUT2D eigenvalue weighted by molar-refractivity contribution is -0.120. The van der Waals surface area contributed by atoms with Crippen molar-refractivity contribution >= 4 is 23.3 Å². The van der Waals surface area contributed by atoms with Crippen molar-refractivity contribution in [3.05, 3.63) is 54.0 Å². The number of amides is 2. The highest BCUT2D eigenvalue weighted by Gasteiger charge is 2.14. The molecule has 0 radical (unpaired) electrons. The molecule has 0 spiro atoms. The molecular weight excluding hydrogens is 327 g/mol. The molecular formula is C17H19FN4O3. The van der Waals surface area contributed by atoms with E-state index < -0.39 is 11.7 Å². The summed E-state index contributed by atoms with van der Waals surface area (Å²) in [6.45, 7) is 0.563. The van der Waals surface area contributed by atoms with E-state index in [1.54, 1.807) is 18.2 Å². The predicted octanol–water partition coefficient (Wildman–Crippen LogP) is 1.46. The molecule has 25 heavy (non-hydrogen) atoms. The standard InChI is InChI=1S/C17H19FN4O3/c1-25-10-9-19-15(23)11-21-17(24)12-5-4-8-20-16(12)22-14-7-3-2-6-13(14)18/h2-8H,9-11H2,1H3,(H,19,23)(H,20,22)(H,21,24). The average molecular weight is 346 g/mol. The van der Waals surface area contributed by atoms with Crippen LogP contribution >= 0.6 is 0 Å². The highest BCUT2D eigenvalue weighted by molar-refractivity contribution is 6.00. The molecule has 0 aliphatic heterocycles. The van der Waals surface area contributed by atoms with Crippen LogP contribution in [0.5, 0.6) is 0 Å². The van der Waals surface area contributed by atoms with Gasteiger partial charge in [-0.3, -0.25) is 9.59 Å². The molecule has 0 aliphatic rings. The molecule has 132 valence electrons. The predicted molar refractivity (Wildman–Crippen MR) is 91.1 cm³/mol. The topological polar surface area (TPSA) is 92.4 Å². The van der Waals surface area contributed by atoms with Crippen molar-refractivity contribution in [3.63, 3.8) is 0 Å². The van der Waals surface area contributed by atoms with Crippen molar-refractivity contribution < 1.29 is 18.7 Å². The fourth-order valence-electron chi connectivity index (χ4n) is 1.99. The third kappa shape index (κ3) is 5.54. The number of nitrogens with zero attached hydrogens (tertiary/aromatic N) is 1. The van der Waals surface area contributed by atoms with Crippen molar-refractivity contribution in [2.75, 3.05) is 32.1 Å². The molecule has 0 saturated carbocycles.